The number of fused-ring (bicyclic) bond motifs is 2. The predicted molar refractivity (Wildman–Crippen MR) is 123 cm³/mol. The number of anilines is 1. The number of aromatic amines is 1. The number of carbonyl (C=O) groups excluding carboxylic acids is 1. The molecule has 5 rings (SSSR count). The van der Waals surface area contributed by atoms with Crippen LogP contribution in [0.15, 0.2) is 43.1 Å². The highest BCUT2D eigenvalue weighted by molar-refractivity contribution is 5.96. The van der Waals surface area contributed by atoms with Gasteiger partial charge < -0.3 is 9.88 Å². The standard InChI is InChI=1S/C24H24F3N7O/c25-24(26,27)8-1-4-20(35)21-18-14-33(23-17-5-10-29-22(17)30-15-31-23)11-7-19(18)34(32-21)12-6-16-3-2-9-28-13-16/h2-3,5,9-10,13,15H,1,4,6-8,11-12,14H2,(H,29,30,31). The fraction of sp³-hybridized carbons (Fsp3) is 0.375. The van der Waals surface area contributed by atoms with Gasteiger partial charge in [0.15, 0.2) is 5.78 Å². The lowest BCUT2D eigenvalue weighted by Gasteiger charge is -2.29. The van der Waals surface area contributed by atoms with Gasteiger partial charge in [-0.2, -0.15) is 18.3 Å². The van der Waals surface area contributed by atoms with Crippen LogP contribution in [-0.2, 0) is 25.9 Å². The summed E-state index contributed by atoms with van der Waals surface area (Å²) in [5.74, 6) is 0.391. The van der Waals surface area contributed by atoms with Crippen LogP contribution in [0.2, 0.25) is 0 Å². The first-order valence-corrected chi connectivity index (χ1v) is 11.5. The van der Waals surface area contributed by atoms with E-state index in [-0.39, 0.29) is 24.3 Å². The molecule has 0 fully saturated rings. The molecule has 4 aromatic heterocycles. The van der Waals surface area contributed by atoms with E-state index < -0.39 is 12.6 Å². The normalized spacial score (nSPS) is 13.9. The quantitative estimate of drug-likeness (QED) is 0.376. The minimum atomic E-state index is -4.28. The zero-order valence-electron chi connectivity index (χ0n) is 18.9. The number of hydrogen-bond acceptors (Lipinski definition) is 6. The van der Waals surface area contributed by atoms with Crippen molar-refractivity contribution in [2.75, 3.05) is 11.4 Å². The van der Waals surface area contributed by atoms with Gasteiger partial charge in [-0.1, -0.05) is 6.07 Å². The molecule has 0 aliphatic carbocycles. The molecule has 0 saturated carbocycles. The van der Waals surface area contributed by atoms with Gasteiger partial charge >= 0.3 is 6.18 Å². The largest absolute Gasteiger partial charge is 0.389 e. The zero-order valence-corrected chi connectivity index (χ0v) is 18.9. The molecule has 182 valence electrons. The van der Waals surface area contributed by atoms with E-state index in [0.717, 1.165) is 33.7 Å². The van der Waals surface area contributed by atoms with Crippen LogP contribution in [0, 0.1) is 0 Å². The van der Waals surface area contributed by atoms with Crippen molar-refractivity contribution in [3.8, 4) is 0 Å². The van der Waals surface area contributed by atoms with Crippen LogP contribution in [-0.4, -0.2) is 48.2 Å². The summed E-state index contributed by atoms with van der Waals surface area (Å²) in [6.45, 7) is 1.63. The monoisotopic (exact) mass is 483 g/mol. The van der Waals surface area contributed by atoms with Crippen molar-refractivity contribution in [2.24, 2.45) is 0 Å². The van der Waals surface area contributed by atoms with Gasteiger partial charge in [-0.05, 0) is 30.5 Å². The summed E-state index contributed by atoms with van der Waals surface area (Å²) >= 11 is 0. The number of aryl methyl sites for hydroxylation is 2. The van der Waals surface area contributed by atoms with Gasteiger partial charge in [0.25, 0.3) is 0 Å². The van der Waals surface area contributed by atoms with Gasteiger partial charge in [-0.3, -0.25) is 14.5 Å². The maximum Gasteiger partial charge on any atom is 0.389 e. The Bertz CT molecular complexity index is 1330. The number of nitrogens with one attached hydrogen (secondary N) is 1. The summed E-state index contributed by atoms with van der Waals surface area (Å²) < 4.78 is 39.7. The molecule has 0 radical (unpaired) electrons. The highest BCUT2D eigenvalue weighted by Gasteiger charge is 2.31. The minimum Gasteiger partial charge on any atom is -0.351 e. The van der Waals surface area contributed by atoms with E-state index >= 15 is 0 Å². The Morgan fingerprint density at radius 2 is 2.09 bits per heavy atom. The molecular formula is C24H24F3N7O. The van der Waals surface area contributed by atoms with Crippen LogP contribution in [0.25, 0.3) is 11.0 Å². The predicted octanol–water partition coefficient (Wildman–Crippen LogP) is 4.27. The summed E-state index contributed by atoms with van der Waals surface area (Å²) in [6, 6.07) is 5.75. The smallest absolute Gasteiger partial charge is 0.351 e. The summed E-state index contributed by atoms with van der Waals surface area (Å²) in [4.78, 5) is 31.0. The third-order valence-electron chi connectivity index (χ3n) is 6.23. The average Bonchev–Trinajstić information content (AvgIpc) is 3.47. The van der Waals surface area contributed by atoms with Crippen molar-refractivity contribution in [2.45, 2.75) is 51.4 Å². The minimum absolute atomic E-state index is 0.193. The molecule has 0 saturated heterocycles. The number of alkyl halides is 3. The first-order chi connectivity index (χ1) is 16.9. The maximum absolute atomic E-state index is 13.0. The Hall–Kier alpha value is -3.76. The Morgan fingerprint density at radius 3 is 2.89 bits per heavy atom. The van der Waals surface area contributed by atoms with E-state index in [0.29, 0.717) is 32.5 Å². The number of pyridine rings is 1. The lowest BCUT2D eigenvalue weighted by atomic mass is 10.0. The van der Waals surface area contributed by atoms with E-state index in [1.165, 1.54) is 6.33 Å². The van der Waals surface area contributed by atoms with Crippen LogP contribution in [0.1, 0.15) is 46.6 Å². The number of Topliss-reactive ketones (excluding diaryl/α,β-unsaturated/α-hetero) is 1. The number of halogens is 3. The van der Waals surface area contributed by atoms with Gasteiger partial charge in [0.05, 0.1) is 5.39 Å². The highest BCUT2D eigenvalue weighted by atomic mass is 19.4. The molecule has 1 aliphatic rings. The van der Waals surface area contributed by atoms with Crippen molar-refractivity contribution >= 4 is 22.6 Å². The molecule has 0 spiro atoms. The molecule has 1 N–H and O–H groups in total. The molecule has 35 heavy (non-hydrogen) atoms. The molecule has 0 unspecified atom stereocenters. The second-order valence-corrected chi connectivity index (χ2v) is 8.61. The molecule has 0 atom stereocenters. The van der Waals surface area contributed by atoms with Crippen LogP contribution in [0.3, 0.4) is 0 Å². The summed E-state index contributed by atoms with van der Waals surface area (Å²) in [6.07, 6.45) is 2.40. The molecule has 1 aliphatic heterocycles. The van der Waals surface area contributed by atoms with Crippen molar-refractivity contribution in [3.05, 3.63) is 65.6 Å². The van der Waals surface area contributed by atoms with E-state index in [4.69, 9.17) is 0 Å². The Balaban J connectivity index is 1.42. The fourth-order valence-electron chi connectivity index (χ4n) is 4.54. The molecule has 8 nitrogen and oxygen atoms in total. The topological polar surface area (TPSA) is 92.6 Å². The molecule has 0 bridgehead atoms. The number of carbonyl (C=O) groups is 1. The third-order valence-corrected chi connectivity index (χ3v) is 6.23. The van der Waals surface area contributed by atoms with E-state index in [9.17, 15) is 18.0 Å². The Morgan fingerprint density at radius 1 is 1.20 bits per heavy atom. The summed E-state index contributed by atoms with van der Waals surface area (Å²) in [7, 11) is 0. The first-order valence-electron chi connectivity index (χ1n) is 11.5. The summed E-state index contributed by atoms with van der Waals surface area (Å²) in [5, 5.41) is 5.48. The lowest BCUT2D eigenvalue weighted by molar-refractivity contribution is -0.135. The van der Waals surface area contributed by atoms with E-state index in [1.807, 2.05) is 22.9 Å². The van der Waals surface area contributed by atoms with Gasteiger partial charge in [0.2, 0.25) is 0 Å². The molecule has 4 aromatic rings. The zero-order chi connectivity index (χ0) is 24.4. The number of H-pyrrole nitrogens is 1. The molecule has 0 aromatic carbocycles. The highest BCUT2D eigenvalue weighted by Crippen LogP contribution is 2.31. The number of nitrogens with zero attached hydrogens (tertiary/aromatic N) is 6. The van der Waals surface area contributed by atoms with Crippen molar-refractivity contribution in [3.63, 3.8) is 0 Å². The number of aromatic nitrogens is 6. The van der Waals surface area contributed by atoms with E-state index in [2.05, 4.69) is 29.9 Å². The van der Waals surface area contributed by atoms with Crippen LogP contribution >= 0.6 is 0 Å². The number of ketones is 1. The van der Waals surface area contributed by atoms with Gasteiger partial charge in [-0.25, -0.2) is 9.97 Å². The van der Waals surface area contributed by atoms with Crippen LogP contribution in [0.5, 0.6) is 0 Å². The lowest BCUT2D eigenvalue weighted by Crippen LogP contribution is -2.32. The molecule has 11 heteroatoms. The molecule has 0 amide bonds. The van der Waals surface area contributed by atoms with Gasteiger partial charge in [-0.15, -0.1) is 0 Å². The second-order valence-electron chi connectivity index (χ2n) is 8.61. The summed E-state index contributed by atoms with van der Waals surface area (Å²) in [5.41, 5.74) is 3.74. The molecule has 5 heterocycles. The van der Waals surface area contributed by atoms with Crippen molar-refractivity contribution in [1.29, 1.82) is 0 Å². The van der Waals surface area contributed by atoms with Gasteiger partial charge in [0, 0.05) is 68.7 Å². The average molecular weight is 483 g/mol. The third kappa shape index (κ3) is 5.03. The van der Waals surface area contributed by atoms with E-state index in [1.54, 1.807) is 18.6 Å². The van der Waals surface area contributed by atoms with Crippen molar-refractivity contribution in [1.82, 2.24) is 29.7 Å². The van der Waals surface area contributed by atoms with Crippen LogP contribution in [0.4, 0.5) is 19.0 Å². The maximum atomic E-state index is 13.0. The fourth-order valence-corrected chi connectivity index (χ4v) is 4.54. The van der Waals surface area contributed by atoms with Gasteiger partial charge in [0.1, 0.15) is 23.5 Å². The van der Waals surface area contributed by atoms with Crippen LogP contribution < -0.4 is 4.90 Å². The Kier molecular flexibility index (Phi) is 6.23. The van der Waals surface area contributed by atoms with Crippen molar-refractivity contribution < 1.29 is 18.0 Å². The second kappa shape index (κ2) is 9.47. The first kappa shape index (κ1) is 23.0. The number of hydrogen-bond donors (Lipinski definition) is 1. The number of rotatable bonds is 8. The molecular weight excluding hydrogens is 459 g/mol. The SMILES string of the molecule is O=C(CCCC(F)(F)F)c1nn(CCc2cccnc2)c2c1CN(c1ncnc3[nH]ccc13)CC2. The Labute approximate surface area is 199 Å².